The van der Waals surface area contributed by atoms with Crippen molar-refractivity contribution < 1.29 is 9.59 Å². The number of carbonyl (C=O) groups excluding carboxylic acids is 2. The van der Waals surface area contributed by atoms with Crippen LogP contribution in [0.5, 0.6) is 0 Å². The van der Waals surface area contributed by atoms with Gasteiger partial charge in [-0.3, -0.25) is 9.59 Å². The van der Waals surface area contributed by atoms with Gasteiger partial charge in [-0.15, -0.1) is 11.3 Å². The Morgan fingerprint density at radius 1 is 1.36 bits per heavy atom. The maximum Gasteiger partial charge on any atom is 0.255 e. The SMILES string of the molecule is Cc1nc(CN2CC3(CCN(C(=O)c4ccnnc4)C3)CC2=O)cs1. The van der Waals surface area contributed by atoms with E-state index in [0.717, 1.165) is 17.1 Å². The number of amides is 2. The van der Waals surface area contributed by atoms with Gasteiger partial charge < -0.3 is 9.80 Å². The molecule has 4 rings (SSSR count). The molecule has 1 atom stereocenters. The van der Waals surface area contributed by atoms with Crippen LogP contribution >= 0.6 is 11.3 Å². The molecule has 2 fully saturated rings. The number of rotatable bonds is 3. The highest BCUT2D eigenvalue weighted by molar-refractivity contribution is 7.09. The first-order valence-electron chi connectivity index (χ1n) is 8.29. The van der Waals surface area contributed by atoms with Crippen LogP contribution < -0.4 is 0 Å². The number of aryl methyl sites for hydroxylation is 1. The van der Waals surface area contributed by atoms with E-state index in [-0.39, 0.29) is 17.2 Å². The summed E-state index contributed by atoms with van der Waals surface area (Å²) in [6.45, 7) is 4.52. The zero-order chi connectivity index (χ0) is 17.4. The monoisotopic (exact) mass is 357 g/mol. The molecule has 7 nitrogen and oxygen atoms in total. The van der Waals surface area contributed by atoms with Crippen LogP contribution in [0.2, 0.25) is 0 Å². The first-order valence-corrected chi connectivity index (χ1v) is 9.17. The average molecular weight is 357 g/mol. The predicted octanol–water partition coefficient (Wildman–Crippen LogP) is 1.51. The van der Waals surface area contributed by atoms with Gasteiger partial charge in [0, 0.05) is 36.9 Å². The molecule has 2 aliphatic rings. The third-order valence-corrected chi connectivity index (χ3v) is 5.80. The quantitative estimate of drug-likeness (QED) is 0.832. The normalized spacial score (nSPS) is 23.0. The van der Waals surface area contributed by atoms with E-state index in [9.17, 15) is 9.59 Å². The second-order valence-corrected chi connectivity index (χ2v) is 7.95. The first kappa shape index (κ1) is 16.1. The van der Waals surface area contributed by atoms with E-state index in [2.05, 4.69) is 15.2 Å². The fourth-order valence-corrected chi connectivity index (χ4v) is 4.39. The predicted molar refractivity (Wildman–Crippen MR) is 91.9 cm³/mol. The molecular weight excluding hydrogens is 338 g/mol. The highest BCUT2D eigenvalue weighted by Gasteiger charge is 2.48. The summed E-state index contributed by atoms with van der Waals surface area (Å²) in [5.41, 5.74) is 1.37. The summed E-state index contributed by atoms with van der Waals surface area (Å²) >= 11 is 1.60. The molecule has 25 heavy (non-hydrogen) atoms. The van der Waals surface area contributed by atoms with Gasteiger partial charge in [-0.25, -0.2) is 4.98 Å². The first-order chi connectivity index (χ1) is 12.0. The summed E-state index contributed by atoms with van der Waals surface area (Å²) in [6, 6.07) is 1.68. The highest BCUT2D eigenvalue weighted by Crippen LogP contribution is 2.41. The Morgan fingerprint density at radius 2 is 2.24 bits per heavy atom. The number of likely N-dealkylation sites (tertiary alicyclic amines) is 2. The molecule has 130 valence electrons. The third-order valence-electron chi connectivity index (χ3n) is 4.98. The lowest BCUT2D eigenvalue weighted by Crippen LogP contribution is -2.34. The van der Waals surface area contributed by atoms with Crippen LogP contribution in [-0.2, 0) is 11.3 Å². The van der Waals surface area contributed by atoms with E-state index in [0.29, 0.717) is 38.2 Å². The van der Waals surface area contributed by atoms with Gasteiger partial charge in [0.25, 0.3) is 5.91 Å². The third kappa shape index (κ3) is 3.13. The Bertz CT molecular complexity index is 808. The zero-order valence-corrected chi connectivity index (χ0v) is 14.8. The molecule has 0 radical (unpaired) electrons. The summed E-state index contributed by atoms with van der Waals surface area (Å²) in [6.07, 6.45) is 4.38. The highest BCUT2D eigenvalue weighted by atomic mass is 32.1. The van der Waals surface area contributed by atoms with Crippen molar-refractivity contribution in [1.82, 2.24) is 25.0 Å². The lowest BCUT2D eigenvalue weighted by atomic mass is 9.86. The van der Waals surface area contributed by atoms with E-state index < -0.39 is 0 Å². The number of thiazole rings is 1. The Balaban J connectivity index is 1.43. The molecule has 8 heteroatoms. The molecule has 1 unspecified atom stereocenters. The van der Waals surface area contributed by atoms with Crippen LogP contribution in [0.4, 0.5) is 0 Å². The van der Waals surface area contributed by atoms with E-state index in [1.165, 1.54) is 12.4 Å². The number of nitrogens with zero attached hydrogens (tertiary/aromatic N) is 5. The Labute approximate surface area is 149 Å². The number of aromatic nitrogens is 3. The molecule has 0 N–H and O–H groups in total. The van der Waals surface area contributed by atoms with Gasteiger partial charge in [-0.2, -0.15) is 10.2 Å². The summed E-state index contributed by atoms with van der Waals surface area (Å²) in [5.74, 6) is 0.123. The van der Waals surface area contributed by atoms with Crippen LogP contribution in [0.25, 0.3) is 0 Å². The standard InChI is InChI=1S/C17H19N5O2S/c1-12-20-14(9-25-12)8-22-11-17(6-15(22)23)3-5-21(10-17)16(24)13-2-4-18-19-7-13/h2,4,7,9H,3,5-6,8,10-11H2,1H3. The lowest BCUT2D eigenvalue weighted by Gasteiger charge is -2.24. The fourth-order valence-electron chi connectivity index (χ4n) is 3.78. The minimum atomic E-state index is -0.127. The zero-order valence-electron chi connectivity index (χ0n) is 14.0. The maximum absolute atomic E-state index is 12.6. The van der Waals surface area contributed by atoms with Crippen molar-refractivity contribution in [3.05, 3.63) is 40.1 Å². The number of hydrogen-bond donors (Lipinski definition) is 0. The molecule has 2 saturated heterocycles. The van der Waals surface area contributed by atoms with E-state index in [1.54, 1.807) is 17.4 Å². The second-order valence-electron chi connectivity index (χ2n) is 6.89. The van der Waals surface area contributed by atoms with Gasteiger partial charge >= 0.3 is 0 Å². The van der Waals surface area contributed by atoms with E-state index >= 15 is 0 Å². The fraction of sp³-hybridized carbons (Fsp3) is 0.471. The summed E-state index contributed by atoms with van der Waals surface area (Å²) in [4.78, 5) is 33.2. The lowest BCUT2D eigenvalue weighted by molar-refractivity contribution is -0.128. The molecule has 4 heterocycles. The van der Waals surface area contributed by atoms with Crippen molar-refractivity contribution in [2.45, 2.75) is 26.3 Å². The van der Waals surface area contributed by atoms with Crippen LogP contribution in [0, 0.1) is 12.3 Å². The molecule has 0 aliphatic carbocycles. The van der Waals surface area contributed by atoms with E-state index in [4.69, 9.17) is 0 Å². The second kappa shape index (κ2) is 6.18. The molecular formula is C17H19N5O2S. The summed E-state index contributed by atoms with van der Waals surface area (Å²) in [5, 5.41) is 10.5. The van der Waals surface area contributed by atoms with Gasteiger partial charge in [0.1, 0.15) is 0 Å². The van der Waals surface area contributed by atoms with Gasteiger partial charge in [-0.1, -0.05) is 0 Å². The van der Waals surface area contributed by atoms with Crippen molar-refractivity contribution in [2.75, 3.05) is 19.6 Å². The molecule has 2 aliphatic heterocycles. The van der Waals surface area contributed by atoms with Crippen molar-refractivity contribution in [1.29, 1.82) is 0 Å². The van der Waals surface area contributed by atoms with Crippen molar-refractivity contribution in [3.63, 3.8) is 0 Å². The molecule has 0 aromatic carbocycles. The van der Waals surface area contributed by atoms with Crippen LogP contribution in [0.1, 0.15) is 33.9 Å². The topological polar surface area (TPSA) is 79.3 Å². The van der Waals surface area contributed by atoms with Crippen LogP contribution in [0.15, 0.2) is 23.8 Å². The van der Waals surface area contributed by atoms with Gasteiger partial charge in [0.15, 0.2) is 0 Å². The van der Waals surface area contributed by atoms with Crippen LogP contribution in [-0.4, -0.2) is 56.4 Å². The smallest absolute Gasteiger partial charge is 0.255 e. The molecule has 2 aromatic heterocycles. The molecule has 0 bridgehead atoms. The van der Waals surface area contributed by atoms with Gasteiger partial charge in [0.2, 0.25) is 5.91 Å². The van der Waals surface area contributed by atoms with Crippen molar-refractivity contribution in [3.8, 4) is 0 Å². The number of carbonyl (C=O) groups is 2. The van der Waals surface area contributed by atoms with E-state index in [1.807, 2.05) is 22.1 Å². The minimum absolute atomic E-state index is 0.0344. The summed E-state index contributed by atoms with van der Waals surface area (Å²) < 4.78 is 0. The van der Waals surface area contributed by atoms with Crippen molar-refractivity contribution in [2.24, 2.45) is 5.41 Å². The maximum atomic E-state index is 12.6. The minimum Gasteiger partial charge on any atom is -0.338 e. The largest absolute Gasteiger partial charge is 0.338 e. The average Bonchev–Trinajstić information content (AvgIpc) is 3.29. The van der Waals surface area contributed by atoms with Gasteiger partial charge in [-0.05, 0) is 19.4 Å². The van der Waals surface area contributed by atoms with Gasteiger partial charge in [0.05, 0.1) is 35.2 Å². The molecule has 0 saturated carbocycles. The van der Waals surface area contributed by atoms with Crippen LogP contribution in [0.3, 0.4) is 0 Å². The van der Waals surface area contributed by atoms with Crippen molar-refractivity contribution >= 4 is 23.2 Å². The summed E-state index contributed by atoms with van der Waals surface area (Å²) in [7, 11) is 0. The Hall–Kier alpha value is -2.35. The Kier molecular flexibility index (Phi) is 3.99. The Morgan fingerprint density at radius 3 is 2.96 bits per heavy atom. The molecule has 2 amide bonds. The molecule has 2 aromatic rings. The number of hydrogen-bond acceptors (Lipinski definition) is 6. The molecule has 1 spiro atoms.